The third-order valence-electron chi connectivity index (χ3n) is 1.66. The van der Waals surface area contributed by atoms with E-state index in [1.165, 1.54) is 23.7 Å². The summed E-state index contributed by atoms with van der Waals surface area (Å²) >= 11 is 1.12. The first-order valence-corrected chi connectivity index (χ1v) is 4.85. The second kappa shape index (κ2) is 3.74. The van der Waals surface area contributed by atoms with Crippen molar-refractivity contribution in [3.05, 3.63) is 35.2 Å². The number of hydrogen-bond acceptors (Lipinski definition) is 4. The number of nitrogens with zero attached hydrogens (tertiary/aromatic N) is 2. The number of halogens is 1. The lowest BCUT2D eigenvalue weighted by atomic mass is 10.3. The van der Waals surface area contributed by atoms with E-state index in [4.69, 9.17) is 5.11 Å². The Morgan fingerprint density at radius 3 is 2.93 bits per heavy atom. The van der Waals surface area contributed by atoms with E-state index in [1.54, 1.807) is 0 Å². The normalized spacial score (nSPS) is 10.2. The Labute approximate surface area is 88.1 Å². The maximum atomic E-state index is 12.8. The Balaban J connectivity index is 2.41. The molecule has 2 heterocycles. The van der Waals surface area contributed by atoms with Crippen LogP contribution in [-0.2, 0) is 0 Å². The van der Waals surface area contributed by atoms with Crippen LogP contribution >= 0.6 is 11.3 Å². The molecule has 0 radical (unpaired) electrons. The van der Waals surface area contributed by atoms with Gasteiger partial charge in [-0.2, -0.15) is 0 Å². The topological polar surface area (TPSA) is 63.1 Å². The van der Waals surface area contributed by atoms with Crippen LogP contribution in [0.5, 0.6) is 0 Å². The third kappa shape index (κ3) is 1.99. The predicted molar refractivity (Wildman–Crippen MR) is 52.3 cm³/mol. The summed E-state index contributed by atoms with van der Waals surface area (Å²) in [5.41, 5.74) is 0.286. The Bertz CT molecular complexity index is 512. The molecule has 0 aliphatic carbocycles. The zero-order chi connectivity index (χ0) is 10.8. The van der Waals surface area contributed by atoms with Gasteiger partial charge in [-0.1, -0.05) is 0 Å². The second-order valence-corrected chi connectivity index (χ2v) is 3.56. The molecule has 0 saturated carbocycles. The molecule has 2 aromatic rings. The van der Waals surface area contributed by atoms with Crippen LogP contribution in [0.4, 0.5) is 4.39 Å². The lowest BCUT2D eigenvalue weighted by Gasteiger charge is -1.93. The van der Waals surface area contributed by atoms with Crippen LogP contribution < -0.4 is 0 Å². The van der Waals surface area contributed by atoms with Crippen LogP contribution in [0.25, 0.3) is 10.7 Å². The molecule has 76 valence electrons. The minimum atomic E-state index is -1.10. The fourth-order valence-corrected chi connectivity index (χ4v) is 1.77. The highest BCUT2D eigenvalue weighted by atomic mass is 32.1. The SMILES string of the molecule is O=C(O)c1csc(-c2cc(F)ccn2)n1. The molecule has 2 rings (SSSR count). The number of pyridine rings is 1. The van der Waals surface area contributed by atoms with E-state index < -0.39 is 11.8 Å². The summed E-state index contributed by atoms with van der Waals surface area (Å²) < 4.78 is 12.8. The summed E-state index contributed by atoms with van der Waals surface area (Å²) in [4.78, 5) is 18.3. The third-order valence-corrected chi connectivity index (χ3v) is 2.53. The summed E-state index contributed by atoms with van der Waals surface area (Å²) in [5, 5.41) is 10.4. The summed E-state index contributed by atoms with van der Waals surface area (Å²) in [6, 6.07) is 2.43. The number of thiazole rings is 1. The Morgan fingerprint density at radius 1 is 1.53 bits per heavy atom. The van der Waals surface area contributed by atoms with Crippen LogP contribution in [0.1, 0.15) is 10.5 Å². The van der Waals surface area contributed by atoms with Crippen LogP contribution in [0.2, 0.25) is 0 Å². The Kier molecular flexibility index (Phi) is 2.42. The standard InChI is InChI=1S/C9H5FN2O2S/c10-5-1-2-11-6(3-5)8-12-7(4-15-8)9(13)14/h1-4H,(H,13,14). The Hall–Kier alpha value is -1.82. The summed E-state index contributed by atoms with van der Waals surface area (Å²) in [7, 11) is 0. The molecule has 0 fully saturated rings. The highest BCUT2D eigenvalue weighted by Gasteiger charge is 2.11. The number of carboxylic acids is 1. The van der Waals surface area contributed by atoms with Gasteiger partial charge in [-0.25, -0.2) is 14.2 Å². The first kappa shape index (κ1) is 9.72. The fraction of sp³-hybridized carbons (Fsp3) is 0. The van der Waals surface area contributed by atoms with Gasteiger partial charge in [-0.15, -0.1) is 11.3 Å². The first-order chi connectivity index (χ1) is 7.16. The molecule has 0 aliphatic rings. The smallest absolute Gasteiger partial charge is 0.355 e. The minimum absolute atomic E-state index is 0.0546. The van der Waals surface area contributed by atoms with Gasteiger partial charge in [0.2, 0.25) is 0 Å². The predicted octanol–water partition coefficient (Wildman–Crippen LogP) is 2.04. The van der Waals surface area contributed by atoms with Gasteiger partial charge < -0.3 is 5.11 Å². The largest absolute Gasteiger partial charge is 0.476 e. The highest BCUT2D eigenvalue weighted by Crippen LogP contribution is 2.21. The number of aromatic carboxylic acids is 1. The lowest BCUT2D eigenvalue weighted by molar-refractivity contribution is 0.0691. The second-order valence-electron chi connectivity index (χ2n) is 2.70. The van der Waals surface area contributed by atoms with E-state index in [0.29, 0.717) is 10.7 Å². The molecule has 0 amide bonds. The molecule has 6 heteroatoms. The number of carboxylic acid groups (broad SMARTS) is 1. The molecule has 2 aromatic heterocycles. The molecule has 4 nitrogen and oxygen atoms in total. The highest BCUT2D eigenvalue weighted by molar-refractivity contribution is 7.13. The van der Waals surface area contributed by atoms with Crippen LogP contribution in [0.15, 0.2) is 23.7 Å². The van der Waals surface area contributed by atoms with E-state index in [-0.39, 0.29) is 5.69 Å². The van der Waals surface area contributed by atoms with Gasteiger partial charge in [0.05, 0.1) is 0 Å². The van der Waals surface area contributed by atoms with Gasteiger partial charge in [0.25, 0.3) is 0 Å². The fourth-order valence-electron chi connectivity index (χ4n) is 1.01. The quantitative estimate of drug-likeness (QED) is 0.847. The van der Waals surface area contributed by atoms with E-state index in [1.807, 2.05) is 0 Å². The van der Waals surface area contributed by atoms with E-state index >= 15 is 0 Å². The van der Waals surface area contributed by atoms with Crippen LogP contribution in [0.3, 0.4) is 0 Å². The molecule has 15 heavy (non-hydrogen) atoms. The maximum absolute atomic E-state index is 12.8. The number of hydrogen-bond donors (Lipinski definition) is 1. The summed E-state index contributed by atoms with van der Waals surface area (Å²) in [6.45, 7) is 0. The van der Waals surface area contributed by atoms with Crippen molar-refractivity contribution in [2.75, 3.05) is 0 Å². The molecule has 0 unspecified atom stereocenters. The van der Waals surface area contributed by atoms with Crippen molar-refractivity contribution in [1.82, 2.24) is 9.97 Å². The molecule has 0 bridgehead atoms. The van der Waals surface area contributed by atoms with Crippen molar-refractivity contribution in [3.63, 3.8) is 0 Å². The van der Waals surface area contributed by atoms with Gasteiger partial charge in [0.15, 0.2) is 5.69 Å². The van der Waals surface area contributed by atoms with Gasteiger partial charge in [-0.05, 0) is 6.07 Å². The number of aromatic nitrogens is 2. The molecule has 0 saturated heterocycles. The zero-order valence-corrected chi connectivity index (χ0v) is 8.16. The maximum Gasteiger partial charge on any atom is 0.355 e. The monoisotopic (exact) mass is 224 g/mol. The summed E-state index contributed by atoms with van der Waals surface area (Å²) in [6.07, 6.45) is 1.31. The average Bonchev–Trinajstić information content (AvgIpc) is 2.66. The van der Waals surface area contributed by atoms with Gasteiger partial charge >= 0.3 is 5.97 Å². The van der Waals surface area contributed by atoms with Crippen molar-refractivity contribution in [1.29, 1.82) is 0 Å². The van der Waals surface area contributed by atoms with Gasteiger partial charge in [0, 0.05) is 17.6 Å². The van der Waals surface area contributed by atoms with Crippen LogP contribution in [-0.4, -0.2) is 21.0 Å². The minimum Gasteiger partial charge on any atom is -0.476 e. The average molecular weight is 224 g/mol. The summed E-state index contributed by atoms with van der Waals surface area (Å²) in [5.74, 6) is -1.53. The van der Waals surface area contributed by atoms with Gasteiger partial charge in [-0.3, -0.25) is 4.98 Å². The van der Waals surface area contributed by atoms with Crippen LogP contribution in [0, 0.1) is 5.82 Å². The van der Waals surface area contributed by atoms with E-state index in [9.17, 15) is 9.18 Å². The van der Waals surface area contributed by atoms with Crippen molar-refractivity contribution < 1.29 is 14.3 Å². The van der Waals surface area contributed by atoms with E-state index in [0.717, 1.165) is 11.3 Å². The molecule has 0 atom stereocenters. The molecule has 0 aliphatic heterocycles. The van der Waals surface area contributed by atoms with Gasteiger partial charge in [0.1, 0.15) is 16.5 Å². The molecule has 0 aromatic carbocycles. The number of rotatable bonds is 2. The zero-order valence-electron chi connectivity index (χ0n) is 7.35. The van der Waals surface area contributed by atoms with Crippen molar-refractivity contribution in [2.24, 2.45) is 0 Å². The van der Waals surface area contributed by atoms with Crippen molar-refractivity contribution in [3.8, 4) is 10.7 Å². The Morgan fingerprint density at radius 2 is 2.33 bits per heavy atom. The number of carbonyl (C=O) groups is 1. The molecule has 0 spiro atoms. The molecular weight excluding hydrogens is 219 g/mol. The lowest BCUT2D eigenvalue weighted by Crippen LogP contribution is -1.95. The van der Waals surface area contributed by atoms with E-state index in [2.05, 4.69) is 9.97 Å². The molecular formula is C9H5FN2O2S. The van der Waals surface area contributed by atoms with Crippen molar-refractivity contribution >= 4 is 17.3 Å². The molecule has 1 N–H and O–H groups in total. The first-order valence-electron chi connectivity index (χ1n) is 3.97. The van der Waals surface area contributed by atoms with Crippen molar-refractivity contribution in [2.45, 2.75) is 0 Å².